The zero-order valence-corrected chi connectivity index (χ0v) is 11.9. The zero-order valence-electron chi connectivity index (χ0n) is 11.9. The summed E-state index contributed by atoms with van der Waals surface area (Å²) in [4.78, 5) is 25.6. The third kappa shape index (κ3) is 3.22. The molecular formula is C15H14N2O4. The lowest BCUT2D eigenvalue weighted by Crippen LogP contribution is -1.97. The maximum Gasteiger partial charge on any atom is 0.272 e. The molecule has 6 nitrogen and oxygen atoms in total. The standard InChI is InChI=1S/C15H14N2O4/c1-9-7-15(10(2)6-14(9)17(19)20)21-12-4-5-13(11(3)18)16-8-12/h4-8H,1-3H3. The smallest absolute Gasteiger partial charge is 0.272 e. The molecule has 21 heavy (non-hydrogen) atoms. The van der Waals surface area contributed by atoms with Crippen molar-refractivity contribution >= 4 is 11.5 Å². The number of hydrogen-bond acceptors (Lipinski definition) is 5. The van der Waals surface area contributed by atoms with Gasteiger partial charge < -0.3 is 4.74 Å². The van der Waals surface area contributed by atoms with Crippen molar-refractivity contribution in [2.24, 2.45) is 0 Å². The van der Waals surface area contributed by atoms with Gasteiger partial charge in [-0.05, 0) is 37.6 Å². The van der Waals surface area contributed by atoms with Gasteiger partial charge in [0.2, 0.25) is 0 Å². The Hall–Kier alpha value is -2.76. The van der Waals surface area contributed by atoms with Crippen LogP contribution >= 0.6 is 0 Å². The molecule has 1 aromatic carbocycles. The van der Waals surface area contributed by atoms with Gasteiger partial charge in [0, 0.05) is 18.6 Å². The predicted octanol–water partition coefficient (Wildman–Crippen LogP) is 3.60. The number of nitro groups is 1. The van der Waals surface area contributed by atoms with Crippen LogP contribution in [0.3, 0.4) is 0 Å². The van der Waals surface area contributed by atoms with Crippen LogP contribution in [0.15, 0.2) is 30.5 Å². The molecule has 0 aliphatic rings. The topological polar surface area (TPSA) is 82.3 Å². The molecule has 0 saturated carbocycles. The molecule has 0 fully saturated rings. The van der Waals surface area contributed by atoms with Gasteiger partial charge >= 0.3 is 0 Å². The highest BCUT2D eigenvalue weighted by Gasteiger charge is 2.14. The van der Waals surface area contributed by atoms with Gasteiger partial charge in [-0.3, -0.25) is 14.9 Å². The second-order valence-corrected chi connectivity index (χ2v) is 4.70. The van der Waals surface area contributed by atoms with Gasteiger partial charge in [0.25, 0.3) is 5.69 Å². The number of pyridine rings is 1. The lowest BCUT2D eigenvalue weighted by atomic mass is 10.1. The Balaban J connectivity index is 2.29. The van der Waals surface area contributed by atoms with Crippen molar-refractivity contribution in [3.63, 3.8) is 0 Å². The van der Waals surface area contributed by atoms with Crippen LogP contribution in [-0.2, 0) is 0 Å². The summed E-state index contributed by atoms with van der Waals surface area (Å²) in [5.41, 5.74) is 1.60. The van der Waals surface area contributed by atoms with Crippen LogP contribution in [0.25, 0.3) is 0 Å². The molecule has 6 heteroatoms. The summed E-state index contributed by atoms with van der Waals surface area (Å²) >= 11 is 0. The van der Waals surface area contributed by atoms with Crippen LogP contribution in [0.2, 0.25) is 0 Å². The number of benzene rings is 1. The number of carbonyl (C=O) groups is 1. The van der Waals surface area contributed by atoms with Crippen LogP contribution in [0, 0.1) is 24.0 Å². The first-order valence-corrected chi connectivity index (χ1v) is 6.29. The van der Waals surface area contributed by atoms with Gasteiger partial charge in [0.1, 0.15) is 17.2 Å². The predicted molar refractivity (Wildman–Crippen MR) is 76.9 cm³/mol. The van der Waals surface area contributed by atoms with E-state index in [2.05, 4.69) is 4.98 Å². The average molecular weight is 286 g/mol. The van der Waals surface area contributed by atoms with E-state index in [0.29, 0.717) is 28.3 Å². The Morgan fingerprint density at radius 2 is 1.95 bits per heavy atom. The molecule has 1 heterocycles. The van der Waals surface area contributed by atoms with E-state index < -0.39 is 4.92 Å². The van der Waals surface area contributed by atoms with Crippen LogP contribution in [-0.4, -0.2) is 15.7 Å². The first-order valence-electron chi connectivity index (χ1n) is 6.29. The van der Waals surface area contributed by atoms with E-state index in [1.165, 1.54) is 19.2 Å². The minimum absolute atomic E-state index is 0.0601. The van der Waals surface area contributed by atoms with Gasteiger partial charge in [-0.15, -0.1) is 0 Å². The van der Waals surface area contributed by atoms with Crippen molar-refractivity contribution in [3.05, 3.63) is 57.4 Å². The Bertz CT molecular complexity index is 708. The summed E-state index contributed by atoms with van der Waals surface area (Å²) in [6.07, 6.45) is 1.45. The number of aromatic nitrogens is 1. The van der Waals surface area contributed by atoms with Crippen molar-refractivity contribution in [2.75, 3.05) is 0 Å². The van der Waals surface area contributed by atoms with Gasteiger partial charge in [0.15, 0.2) is 5.78 Å². The van der Waals surface area contributed by atoms with E-state index in [9.17, 15) is 14.9 Å². The molecule has 2 aromatic rings. The summed E-state index contributed by atoms with van der Waals surface area (Å²) in [5.74, 6) is 0.871. The van der Waals surface area contributed by atoms with Gasteiger partial charge in [-0.1, -0.05) is 0 Å². The fourth-order valence-corrected chi connectivity index (χ4v) is 1.86. The van der Waals surface area contributed by atoms with Crippen molar-refractivity contribution in [2.45, 2.75) is 20.8 Å². The number of nitrogens with zero attached hydrogens (tertiary/aromatic N) is 2. The summed E-state index contributed by atoms with van der Waals surface area (Å²) in [7, 11) is 0. The highest BCUT2D eigenvalue weighted by molar-refractivity contribution is 5.92. The first-order chi connectivity index (χ1) is 9.88. The first kappa shape index (κ1) is 14.6. The van der Waals surface area contributed by atoms with Gasteiger partial charge in [-0.2, -0.15) is 0 Å². The maximum atomic E-state index is 11.1. The maximum absolute atomic E-state index is 11.1. The third-order valence-electron chi connectivity index (χ3n) is 3.02. The van der Waals surface area contributed by atoms with E-state index in [1.807, 2.05) is 0 Å². The molecule has 108 valence electrons. The van der Waals surface area contributed by atoms with Gasteiger partial charge in [0.05, 0.1) is 11.1 Å². The monoisotopic (exact) mass is 286 g/mol. The Morgan fingerprint density at radius 1 is 1.24 bits per heavy atom. The molecule has 0 saturated heterocycles. The highest BCUT2D eigenvalue weighted by Crippen LogP contribution is 2.30. The molecule has 0 amide bonds. The molecule has 0 bridgehead atoms. The molecule has 0 unspecified atom stereocenters. The minimum Gasteiger partial charge on any atom is -0.455 e. The fraction of sp³-hybridized carbons (Fsp3) is 0.200. The quantitative estimate of drug-likeness (QED) is 0.487. The molecular weight excluding hydrogens is 272 g/mol. The molecule has 0 aliphatic heterocycles. The summed E-state index contributed by atoms with van der Waals surface area (Å²) < 4.78 is 5.66. The Labute approximate surface area is 121 Å². The summed E-state index contributed by atoms with van der Waals surface area (Å²) in [6.45, 7) is 4.83. The minimum atomic E-state index is -0.421. The lowest BCUT2D eigenvalue weighted by molar-refractivity contribution is -0.385. The molecule has 0 N–H and O–H groups in total. The van der Waals surface area contributed by atoms with Crippen molar-refractivity contribution in [1.29, 1.82) is 0 Å². The second kappa shape index (κ2) is 5.70. The number of aryl methyl sites for hydroxylation is 2. The van der Waals surface area contributed by atoms with Crippen molar-refractivity contribution in [1.82, 2.24) is 4.98 Å². The molecule has 1 aromatic heterocycles. The molecule has 0 aliphatic carbocycles. The van der Waals surface area contributed by atoms with Crippen LogP contribution < -0.4 is 4.74 Å². The number of ketones is 1. The number of hydrogen-bond donors (Lipinski definition) is 0. The average Bonchev–Trinajstić information content (AvgIpc) is 2.42. The third-order valence-corrected chi connectivity index (χ3v) is 3.02. The van der Waals surface area contributed by atoms with Crippen LogP contribution in [0.4, 0.5) is 5.69 Å². The lowest BCUT2D eigenvalue weighted by Gasteiger charge is -2.10. The normalized spacial score (nSPS) is 10.2. The largest absolute Gasteiger partial charge is 0.455 e. The van der Waals surface area contributed by atoms with Crippen LogP contribution in [0.5, 0.6) is 11.5 Å². The highest BCUT2D eigenvalue weighted by atomic mass is 16.6. The summed E-state index contributed by atoms with van der Waals surface area (Å²) in [5, 5.41) is 10.9. The van der Waals surface area contributed by atoms with E-state index in [4.69, 9.17) is 4.74 Å². The van der Waals surface area contributed by atoms with Crippen molar-refractivity contribution < 1.29 is 14.5 Å². The number of nitro benzene ring substituents is 1. The van der Waals surface area contributed by atoms with Crippen molar-refractivity contribution in [3.8, 4) is 11.5 Å². The van der Waals surface area contributed by atoms with E-state index in [1.54, 1.807) is 32.0 Å². The van der Waals surface area contributed by atoms with Crippen LogP contribution in [0.1, 0.15) is 28.5 Å². The van der Waals surface area contributed by atoms with E-state index in [-0.39, 0.29) is 11.5 Å². The van der Waals surface area contributed by atoms with Gasteiger partial charge in [-0.25, -0.2) is 4.98 Å². The van der Waals surface area contributed by atoms with E-state index in [0.717, 1.165) is 0 Å². The molecule has 0 atom stereocenters. The summed E-state index contributed by atoms with van der Waals surface area (Å²) in [6, 6.07) is 6.31. The zero-order chi connectivity index (χ0) is 15.6. The Kier molecular flexibility index (Phi) is 3.98. The fourth-order valence-electron chi connectivity index (χ4n) is 1.86. The van der Waals surface area contributed by atoms with E-state index >= 15 is 0 Å². The SMILES string of the molecule is CC(=O)c1ccc(Oc2cc(C)c([N+](=O)[O-])cc2C)cn1. The molecule has 0 spiro atoms. The number of Topliss-reactive ketones (excluding diaryl/α,β-unsaturated/α-hetero) is 1. The molecule has 0 radical (unpaired) electrons. The number of rotatable bonds is 4. The Morgan fingerprint density at radius 3 is 2.48 bits per heavy atom. The molecule has 2 rings (SSSR count). The second-order valence-electron chi connectivity index (χ2n) is 4.70. The number of carbonyl (C=O) groups excluding carboxylic acids is 1. The number of ether oxygens (including phenoxy) is 1.